The number of unbranched alkanes of at least 4 members (excludes halogenated alkanes) is 1. The van der Waals surface area contributed by atoms with E-state index in [0.29, 0.717) is 11.8 Å². The number of nitriles is 1. The highest BCUT2D eigenvalue weighted by atomic mass is 14.4. The molecular formula is C14H21N. The quantitative estimate of drug-likeness (QED) is 0.495. The Morgan fingerprint density at radius 3 is 2.80 bits per heavy atom. The molecule has 1 rings (SSSR count). The number of allylic oxidation sites excluding steroid dienone is 4. The van der Waals surface area contributed by atoms with Gasteiger partial charge in [0.15, 0.2) is 0 Å². The summed E-state index contributed by atoms with van der Waals surface area (Å²) in [6.45, 7) is 6.90. The number of hydrogen-bond donors (Lipinski definition) is 0. The molecule has 0 saturated carbocycles. The van der Waals surface area contributed by atoms with E-state index in [4.69, 9.17) is 5.26 Å². The van der Waals surface area contributed by atoms with Gasteiger partial charge in [0, 0.05) is 6.42 Å². The lowest BCUT2D eigenvalue weighted by Gasteiger charge is -2.28. The fraction of sp³-hybridized carbons (Fsp3) is 0.643. The zero-order valence-electron chi connectivity index (χ0n) is 10.1. The molecule has 0 aromatic rings. The predicted molar refractivity (Wildman–Crippen MR) is 64.2 cm³/mol. The number of nitrogens with zero attached hydrogens (tertiary/aromatic N) is 1. The van der Waals surface area contributed by atoms with Crippen LogP contribution in [-0.2, 0) is 0 Å². The van der Waals surface area contributed by atoms with Crippen LogP contribution in [0, 0.1) is 22.7 Å². The molecule has 0 N–H and O–H groups in total. The van der Waals surface area contributed by atoms with Gasteiger partial charge in [0.1, 0.15) is 0 Å². The van der Waals surface area contributed by atoms with E-state index in [0.717, 1.165) is 18.8 Å². The first-order valence-electron chi connectivity index (χ1n) is 5.78. The van der Waals surface area contributed by atoms with E-state index < -0.39 is 0 Å². The van der Waals surface area contributed by atoms with Gasteiger partial charge in [-0.05, 0) is 37.5 Å². The second kappa shape index (κ2) is 5.16. The molecule has 15 heavy (non-hydrogen) atoms. The number of hydrogen-bond acceptors (Lipinski definition) is 1. The van der Waals surface area contributed by atoms with Crippen molar-refractivity contribution in [1.29, 1.82) is 5.26 Å². The Balaban J connectivity index is 2.36. The minimum absolute atomic E-state index is 0.361. The van der Waals surface area contributed by atoms with Gasteiger partial charge in [-0.15, -0.1) is 0 Å². The van der Waals surface area contributed by atoms with Crippen LogP contribution in [-0.4, -0.2) is 0 Å². The Kier molecular flexibility index (Phi) is 4.15. The topological polar surface area (TPSA) is 23.8 Å². The Bertz CT molecular complexity index is 302. The molecule has 0 amide bonds. The lowest BCUT2D eigenvalue weighted by Crippen LogP contribution is -2.19. The van der Waals surface area contributed by atoms with Gasteiger partial charge in [-0.1, -0.05) is 37.6 Å². The summed E-state index contributed by atoms with van der Waals surface area (Å²) in [6.07, 6.45) is 10.7. The molecule has 0 aromatic heterocycles. The summed E-state index contributed by atoms with van der Waals surface area (Å²) in [6, 6.07) is 2.16. The van der Waals surface area contributed by atoms with Crippen molar-refractivity contribution in [3.63, 3.8) is 0 Å². The van der Waals surface area contributed by atoms with Crippen LogP contribution >= 0.6 is 0 Å². The molecule has 0 radical (unpaired) electrons. The first-order valence-corrected chi connectivity index (χ1v) is 5.78. The number of rotatable bonds is 4. The van der Waals surface area contributed by atoms with Crippen LogP contribution < -0.4 is 0 Å². The van der Waals surface area contributed by atoms with Crippen molar-refractivity contribution in [1.82, 2.24) is 0 Å². The van der Waals surface area contributed by atoms with Gasteiger partial charge in [0.05, 0.1) is 6.07 Å². The largest absolute Gasteiger partial charge is 0.198 e. The summed E-state index contributed by atoms with van der Waals surface area (Å²) in [5.74, 6) is 0.746. The highest BCUT2D eigenvalue weighted by molar-refractivity contribution is 5.18. The van der Waals surface area contributed by atoms with Crippen LogP contribution in [0.4, 0.5) is 0 Å². The fourth-order valence-electron chi connectivity index (χ4n) is 2.12. The third-order valence-electron chi connectivity index (χ3n) is 3.76. The van der Waals surface area contributed by atoms with E-state index in [1.807, 2.05) is 0 Å². The molecule has 1 heteroatoms. The molecule has 0 aromatic carbocycles. The van der Waals surface area contributed by atoms with Crippen LogP contribution in [0.25, 0.3) is 0 Å². The van der Waals surface area contributed by atoms with E-state index in [2.05, 4.69) is 45.1 Å². The summed E-state index contributed by atoms with van der Waals surface area (Å²) < 4.78 is 0. The third kappa shape index (κ3) is 2.96. The molecule has 0 heterocycles. The van der Waals surface area contributed by atoms with Crippen molar-refractivity contribution in [2.75, 3.05) is 0 Å². The molecule has 0 aliphatic heterocycles. The van der Waals surface area contributed by atoms with E-state index in [1.165, 1.54) is 12.0 Å². The van der Waals surface area contributed by atoms with Gasteiger partial charge in [-0.25, -0.2) is 0 Å². The third-order valence-corrected chi connectivity index (χ3v) is 3.76. The minimum atomic E-state index is 0.361. The molecule has 1 aliphatic rings. The molecule has 0 fully saturated rings. The van der Waals surface area contributed by atoms with Crippen LogP contribution in [0.3, 0.4) is 0 Å². The fourth-order valence-corrected chi connectivity index (χ4v) is 2.12. The minimum Gasteiger partial charge on any atom is -0.198 e. The van der Waals surface area contributed by atoms with E-state index in [1.54, 1.807) is 0 Å². The molecule has 0 unspecified atom stereocenters. The molecule has 0 bridgehead atoms. The molecule has 1 aliphatic carbocycles. The second-order valence-electron chi connectivity index (χ2n) is 4.95. The Labute approximate surface area is 93.5 Å². The maximum atomic E-state index is 8.40. The first kappa shape index (κ1) is 12.0. The molecule has 1 nitrogen and oxygen atoms in total. The van der Waals surface area contributed by atoms with Crippen LogP contribution in [0.1, 0.15) is 46.5 Å². The first-order chi connectivity index (χ1) is 7.09. The van der Waals surface area contributed by atoms with E-state index in [-0.39, 0.29) is 0 Å². The van der Waals surface area contributed by atoms with Crippen molar-refractivity contribution in [2.24, 2.45) is 11.3 Å². The summed E-state index contributed by atoms with van der Waals surface area (Å²) >= 11 is 0. The van der Waals surface area contributed by atoms with E-state index >= 15 is 0 Å². The lowest BCUT2D eigenvalue weighted by molar-refractivity contribution is 0.294. The monoisotopic (exact) mass is 203 g/mol. The van der Waals surface area contributed by atoms with Crippen molar-refractivity contribution in [2.45, 2.75) is 46.5 Å². The average molecular weight is 203 g/mol. The zero-order chi connectivity index (χ0) is 11.3. The van der Waals surface area contributed by atoms with Gasteiger partial charge >= 0.3 is 0 Å². The molecule has 1 atom stereocenters. The van der Waals surface area contributed by atoms with Crippen molar-refractivity contribution >= 4 is 0 Å². The molecular weight excluding hydrogens is 182 g/mol. The summed E-state index contributed by atoms with van der Waals surface area (Å²) in [7, 11) is 0. The SMILES string of the molecule is CC1=CC[C@@H](C/C=C/CCC#N)C1(C)C. The average Bonchev–Trinajstić information content (AvgIpc) is 2.44. The Hall–Kier alpha value is -1.03. The highest BCUT2D eigenvalue weighted by Gasteiger charge is 2.33. The van der Waals surface area contributed by atoms with Crippen LogP contribution in [0.5, 0.6) is 0 Å². The summed E-state index contributed by atoms with van der Waals surface area (Å²) in [4.78, 5) is 0. The van der Waals surface area contributed by atoms with Gasteiger partial charge < -0.3 is 0 Å². The molecule has 0 saturated heterocycles. The predicted octanol–water partition coefficient (Wildman–Crippen LogP) is 4.23. The van der Waals surface area contributed by atoms with Crippen molar-refractivity contribution in [3.05, 3.63) is 23.8 Å². The van der Waals surface area contributed by atoms with Gasteiger partial charge in [-0.2, -0.15) is 5.26 Å². The Morgan fingerprint density at radius 2 is 2.27 bits per heavy atom. The Morgan fingerprint density at radius 1 is 1.53 bits per heavy atom. The standard InChI is InChI=1S/C14H21N/c1-12-9-10-13(14(12,2)3)8-6-4-5-7-11-15/h4,6,9,13H,5,7-8,10H2,1-3H3/b6-4+/t13-/m1/s1. The zero-order valence-corrected chi connectivity index (χ0v) is 10.1. The van der Waals surface area contributed by atoms with Crippen molar-refractivity contribution in [3.8, 4) is 6.07 Å². The van der Waals surface area contributed by atoms with Crippen LogP contribution in [0.15, 0.2) is 23.8 Å². The normalized spacial score (nSPS) is 24.1. The van der Waals surface area contributed by atoms with Gasteiger partial charge in [0.25, 0.3) is 0 Å². The highest BCUT2D eigenvalue weighted by Crippen LogP contribution is 2.44. The second-order valence-corrected chi connectivity index (χ2v) is 4.95. The van der Waals surface area contributed by atoms with Crippen molar-refractivity contribution < 1.29 is 0 Å². The lowest BCUT2D eigenvalue weighted by atomic mass is 9.76. The van der Waals surface area contributed by atoms with E-state index in [9.17, 15) is 0 Å². The smallest absolute Gasteiger partial charge is 0.0624 e. The van der Waals surface area contributed by atoms with Crippen LogP contribution in [0.2, 0.25) is 0 Å². The molecule has 0 spiro atoms. The summed E-state index contributed by atoms with van der Waals surface area (Å²) in [5.41, 5.74) is 1.89. The maximum absolute atomic E-state index is 8.40. The van der Waals surface area contributed by atoms with Gasteiger partial charge in [-0.3, -0.25) is 0 Å². The molecule has 82 valence electrons. The van der Waals surface area contributed by atoms with Gasteiger partial charge in [0.2, 0.25) is 0 Å². The summed E-state index contributed by atoms with van der Waals surface area (Å²) in [5, 5.41) is 8.40. The maximum Gasteiger partial charge on any atom is 0.0624 e.